The molecular weight excluding hydrogens is 264 g/mol. The smallest absolute Gasteiger partial charge is 0.243 e. The predicted octanol–water partition coefficient (Wildman–Crippen LogP) is 1.19. The van der Waals surface area contributed by atoms with Crippen LogP contribution in [0.15, 0.2) is 11.1 Å². The van der Waals surface area contributed by atoms with Crippen LogP contribution in [0.2, 0.25) is 5.02 Å². The summed E-state index contributed by atoms with van der Waals surface area (Å²) in [6, 6.07) is 1.35. The van der Waals surface area contributed by atoms with E-state index >= 15 is 0 Å². The molecule has 0 spiro atoms. The number of nitrogens with two attached hydrogens (primary N) is 1. The van der Waals surface area contributed by atoms with Gasteiger partial charge in [0.15, 0.2) is 5.69 Å². The lowest BCUT2D eigenvalue weighted by molar-refractivity contribution is 0.147. The maximum Gasteiger partial charge on any atom is 0.268 e. The first-order valence-electron chi connectivity index (χ1n) is 3.68. The number of pyridine rings is 1. The molecule has 0 aliphatic carbocycles. The molecule has 0 amide bonds. The van der Waals surface area contributed by atoms with Crippen molar-refractivity contribution < 1.29 is 17.2 Å². The van der Waals surface area contributed by atoms with Crippen LogP contribution in [0.5, 0.6) is 0 Å². The maximum absolute atomic E-state index is 12.6. The van der Waals surface area contributed by atoms with Crippen molar-refractivity contribution in [3.05, 3.63) is 22.5 Å². The number of nitriles is 1. The summed E-state index contributed by atoms with van der Waals surface area (Å²) in [5, 5.41) is 12.7. The topological polar surface area (TPSA) is 96.8 Å². The lowest BCUT2D eigenvalue weighted by Gasteiger charge is -2.09. The van der Waals surface area contributed by atoms with Crippen molar-refractivity contribution in [1.29, 1.82) is 5.26 Å². The highest BCUT2D eigenvalue weighted by Crippen LogP contribution is 2.32. The average Bonchev–Trinajstić information content (AvgIpc) is 2.15. The molecule has 0 saturated carbocycles. The van der Waals surface area contributed by atoms with Gasteiger partial charge in [-0.15, -0.1) is 0 Å². The second-order valence-electron chi connectivity index (χ2n) is 2.66. The summed E-state index contributed by atoms with van der Waals surface area (Å²) in [6.45, 7) is 0. The highest BCUT2D eigenvalue weighted by atomic mass is 35.5. The van der Waals surface area contributed by atoms with E-state index in [1.807, 2.05) is 0 Å². The first kappa shape index (κ1) is 12.8. The molecule has 0 bridgehead atoms. The third-order valence-electron chi connectivity index (χ3n) is 1.63. The Morgan fingerprint density at radius 3 is 2.50 bits per heavy atom. The van der Waals surface area contributed by atoms with E-state index in [1.165, 1.54) is 6.07 Å². The minimum absolute atomic E-state index is 0.545. The number of halogens is 3. The molecule has 1 rings (SSSR count). The van der Waals surface area contributed by atoms with Gasteiger partial charge in [-0.3, -0.25) is 0 Å². The molecule has 1 heterocycles. The van der Waals surface area contributed by atoms with E-state index in [0.717, 1.165) is 6.20 Å². The molecule has 0 radical (unpaired) electrons. The van der Waals surface area contributed by atoms with Crippen molar-refractivity contribution >= 4 is 21.6 Å². The van der Waals surface area contributed by atoms with Crippen molar-refractivity contribution in [1.82, 2.24) is 4.98 Å². The lowest BCUT2D eigenvalue weighted by atomic mass is 10.2. The average molecular weight is 268 g/mol. The van der Waals surface area contributed by atoms with Crippen molar-refractivity contribution in [3.8, 4) is 6.07 Å². The van der Waals surface area contributed by atoms with Crippen LogP contribution >= 0.6 is 11.6 Å². The Labute approximate surface area is 94.5 Å². The Morgan fingerprint density at radius 1 is 1.56 bits per heavy atom. The van der Waals surface area contributed by atoms with E-state index in [9.17, 15) is 17.2 Å². The van der Waals surface area contributed by atoms with Gasteiger partial charge in [-0.2, -0.15) is 5.26 Å². The molecule has 16 heavy (non-hydrogen) atoms. The van der Waals surface area contributed by atoms with Crippen LogP contribution in [0.3, 0.4) is 0 Å². The molecule has 0 atom stereocenters. The van der Waals surface area contributed by atoms with Crippen molar-refractivity contribution in [2.45, 2.75) is 11.3 Å². The monoisotopic (exact) mass is 267 g/mol. The number of hydrogen-bond acceptors (Lipinski definition) is 4. The van der Waals surface area contributed by atoms with Crippen molar-refractivity contribution in [3.63, 3.8) is 0 Å². The van der Waals surface area contributed by atoms with Crippen molar-refractivity contribution in [2.24, 2.45) is 5.14 Å². The fraction of sp³-hybridized carbons (Fsp3) is 0.143. The number of nitrogens with zero attached hydrogens (tertiary/aromatic N) is 2. The Morgan fingerprint density at radius 2 is 2.12 bits per heavy atom. The number of aromatic nitrogens is 1. The molecule has 0 saturated heterocycles. The summed E-state index contributed by atoms with van der Waals surface area (Å²) in [7, 11) is -4.44. The molecule has 1 aromatic rings. The van der Waals surface area contributed by atoms with Gasteiger partial charge >= 0.3 is 0 Å². The molecule has 0 aliphatic heterocycles. The second-order valence-corrected chi connectivity index (χ2v) is 4.56. The second kappa shape index (κ2) is 4.29. The predicted molar refractivity (Wildman–Crippen MR) is 50.3 cm³/mol. The van der Waals surface area contributed by atoms with Gasteiger partial charge in [0.25, 0.3) is 6.43 Å². The van der Waals surface area contributed by atoms with Crippen LogP contribution in [0, 0.1) is 11.3 Å². The Kier molecular flexibility index (Phi) is 3.42. The standard InChI is InChI=1S/C7H4ClF2N3O2S/c8-3-2-13-4(1-11)5(7(9)10)6(3)16(12,14)15/h2,7H,(H2,12,14,15). The van der Waals surface area contributed by atoms with E-state index in [1.54, 1.807) is 0 Å². The van der Waals surface area contributed by atoms with Crippen LogP contribution in [-0.4, -0.2) is 13.4 Å². The molecule has 1 aromatic heterocycles. The third-order valence-corrected chi connectivity index (χ3v) is 3.04. The van der Waals surface area contributed by atoms with Crippen molar-refractivity contribution in [2.75, 3.05) is 0 Å². The maximum atomic E-state index is 12.6. The first-order valence-corrected chi connectivity index (χ1v) is 5.61. The lowest BCUT2D eigenvalue weighted by Crippen LogP contribution is -2.17. The SMILES string of the molecule is N#Cc1ncc(Cl)c(S(N)(=O)=O)c1C(F)F. The zero-order valence-electron chi connectivity index (χ0n) is 7.49. The molecule has 2 N–H and O–H groups in total. The highest BCUT2D eigenvalue weighted by molar-refractivity contribution is 7.89. The van der Waals surface area contributed by atoms with E-state index in [2.05, 4.69) is 4.98 Å². The largest absolute Gasteiger partial charge is 0.268 e. The van der Waals surface area contributed by atoms with Crippen LogP contribution < -0.4 is 5.14 Å². The van der Waals surface area contributed by atoms with Crippen LogP contribution in [0.25, 0.3) is 0 Å². The summed E-state index contributed by atoms with van der Waals surface area (Å²) in [5.41, 5.74) is -1.79. The number of sulfonamides is 1. The minimum Gasteiger partial charge on any atom is -0.243 e. The Bertz CT molecular complexity index is 568. The van der Waals surface area contributed by atoms with E-state index < -0.39 is 37.6 Å². The van der Waals surface area contributed by atoms with Gasteiger partial charge in [-0.05, 0) is 0 Å². The number of alkyl halides is 2. The third kappa shape index (κ3) is 2.27. The van der Waals surface area contributed by atoms with Gasteiger partial charge in [0.05, 0.1) is 10.6 Å². The Balaban J connectivity index is 3.78. The normalized spacial score (nSPS) is 11.5. The molecule has 0 fully saturated rings. The zero-order chi connectivity index (χ0) is 12.5. The molecule has 86 valence electrons. The molecular formula is C7H4ClF2N3O2S. The van der Waals surface area contributed by atoms with Gasteiger partial charge in [0.1, 0.15) is 11.0 Å². The fourth-order valence-electron chi connectivity index (χ4n) is 1.07. The Hall–Kier alpha value is -1.30. The van der Waals surface area contributed by atoms with Gasteiger partial charge in [0.2, 0.25) is 10.0 Å². The number of rotatable bonds is 2. The summed E-state index contributed by atoms with van der Waals surface area (Å²) in [5.74, 6) is 0. The summed E-state index contributed by atoms with van der Waals surface area (Å²) in [6.07, 6.45) is -2.43. The van der Waals surface area contributed by atoms with E-state index in [0.29, 0.717) is 0 Å². The molecule has 9 heteroatoms. The molecule has 0 unspecified atom stereocenters. The quantitative estimate of drug-likeness (QED) is 0.870. The zero-order valence-corrected chi connectivity index (χ0v) is 9.06. The first-order chi connectivity index (χ1) is 7.29. The summed E-state index contributed by atoms with van der Waals surface area (Å²) >= 11 is 5.42. The van der Waals surface area contributed by atoms with E-state index in [-0.39, 0.29) is 0 Å². The molecule has 5 nitrogen and oxygen atoms in total. The molecule has 0 aromatic carbocycles. The van der Waals surface area contributed by atoms with Gasteiger partial charge < -0.3 is 0 Å². The number of primary sulfonamides is 1. The summed E-state index contributed by atoms with van der Waals surface area (Å²) in [4.78, 5) is 2.34. The molecule has 0 aliphatic rings. The van der Waals surface area contributed by atoms with Gasteiger partial charge in [-0.25, -0.2) is 27.3 Å². The van der Waals surface area contributed by atoms with Gasteiger partial charge in [0, 0.05) is 6.20 Å². The minimum atomic E-state index is -4.44. The van der Waals surface area contributed by atoms with Crippen LogP contribution in [-0.2, 0) is 10.0 Å². The highest BCUT2D eigenvalue weighted by Gasteiger charge is 2.28. The van der Waals surface area contributed by atoms with E-state index in [4.69, 9.17) is 22.0 Å². The fourth-order valence-corrected chi connectivity index (χ4v) is 2.36. The summed E-state index contributed by atoms with van der Waals surface area (Å²) < 4.78 is 47.4. The number of hydrogen-bond donors (Lipinski definition) is 1. The van der Waals surface area contributed by atoms with Crippen LogP contribution in [0.4, 0.5) is 8.78 Å². The van der Waals surface area contributed by atoms with Gasteiger partial charge in [-0.1, -0.05) is 11.6 Å². The van der Waals surface area contributed by atoms with Crippen LogP contribution in [0.1, 0.15) is 17.7 Å².